The van der Waals surface area contributed by atoms with E-state index < -0.39 is 0 Å². The number of nitrogens with one attached hydrogen (secondary N) is 1. The summed E-state index contributed by atoms with van der Waals surface area (Å²) in [5.41, 5.74) is 4.16. The van der Waals surface area contributed by atoms with E-state index in [1.807, 2.05) is 7.05 Å². The van der Waals surface area contributed by atoms with E-state index in [9.17, 15) is 0 Å². The van der Waals surface area contributed by atoms with Gasteiger partial charge in [0.15, 0.2) is 0 Å². The van der Waals surface area contributed by atoms with Crippen molar-refractivity contribution in [3.05, 3.63) is 34.9 Å². The summed E-state index contributed by atoms with van der Waals surface area (Å²) in [6, 6.07) is 7.16. The molecule has 0 amide bonds. The fourth-order valence-electron chi connectivity index (χ4n) is 1.80. The summed E-state index contributed by atoms with van der Waals surface area (Å²) in [4.78, 5) is 0. The van der Waals surface area contributed by atoms with Crippen LogP contribution in [0.5, 0.6) is 0 Å². The van der Waals surface area contributed by atoms with Crippen molar-refractivity contribution in [2.45, 2.75) is 33.2 Å². The van der Waals surface area contributed by atoms with Crippen molar-refractivity contribution in [1.82, 2.24) is 5.32 Å². The molecule has 0 heterocycles. The maximum Gasteiger partial charge on any atom is 0.0317 e. The molecule has 1 rings (SSSR count). The molecular formula is C12H19N. The molecule has 0 radical (unpaired) electrons. The van der Waals surface area contributed by atoms with Gasteiger partial charge in [0, 0.05) is 6.04 Å². The molecule has 0 unspecified atom stereocenters. The molecule has 0 aromatic heterocycles. The molecule has 0 saturated heterocycles. The molecule has 0 fully saturated rings. The second-order valence-electron chi connectivity index (χ2n) is 3.61. The van der Waals surface area contributed by atoms with Gasteiger partial charge in [0.1, 0.15) is 0 Å². The molecule has 0 aliphatic carbocycles. The number of benzene rings is 1. The Morgan fingerprint density at radius 3 is 2.46 bits per heavy atom. The quantitative estimate of drug-likeness (QED) is 0.748. The summed E-state index contributed by atoms with van der Waals surface area (Å²) in [6.45, 7) is 6.53. The van der Waals surface area contributed by atoms with E-state index in [-0.39, 0.29) is 0 Å². The highest BCUT2D eigenvalue weighted by atomic mass is 14.9. The lowest BCUT2D eigenvalue weighted by molar-refractivity contribution is 0.574. The Balaban J connectivity index is 2.99. The SMILES string of the molecule is CC[C@@H](NC)c1ccc(C)cc1C. The van der Waals surface area contributed by atoms with E-state index in [0.29, 0.717) is 6.04 Å². The van der Waals surface area contributed by atoms with E-state index in [2.05, 4.69) is 44.3 Å². The van der Waals surface area contributed by atoms with Crippen LogP contribution in [0, 0.1) is 13.8 Å². The highest BCUT2D eigenvalue weighted by Gasteiger charge is 2.08. The molecule has 0 saturated carbocycles. The zero-order valence-electron chi connectivity index (χ0n) is 9.02. The first-order valence-electron chi connectivity index (χ1n) is 4.93. The number of aryl methyl sites for hydroxylation is 2. The van der Waals surface area contributed by atoms with Crippen LogP contribution in [0.25, 0.3) is 0 Å². The Hall–Kier alpha value is -0.820. The third-order valence-electron chi connectivity index (χ3n) is 2.56. The lowest BCUT2D eigenvalue weighted by Gasteiger charge is -2.17. The fourth-order valence-corrected chi connectivity index (χ4v) is 1.80. The molecule has 1 N–H and O–H groups in total. The highest BCUT2D eigenvalue weighted by molar-refractivity contribution is 5.32. The van der Waals surface area contributed by atoms with Gasteiger partial charge >= 0.3 is 0 Å². The van der Waals surface area contributed by atoms with Crippen molar-refractivity contribution in [2.75, 3.05) is 7.05 Å². The molecule has 1 nitrogen and oxygen atoms in total. The van der Waals surface area contributed by atoms with Crippen molar-refractivity contribution in [3.8, 4) is 0 Å². The first-order valence-corrected chi connectivity index (χ1v) is 4.93. The lowest BCUT2D eigenvalue weighted by Crippen LogP contribution is -2.16. The van der Waals surface area contributed by atoms with Crippen molar-refractivity contribution in [3.63, 3.8) is 0 Å². The molecular weight excluding hydrogens is 158 g/mol. The van der Waals surface area contributed by atoms with Gasteiger partial charge in [-0.15, -0.1) is 0 Å². The smallest absolute Gasteiger partial charge is 0.0317 e. The molecule has 1 aromatic carbocycles. The molecule has 0 spiro atoms. The Bertz CT molecular complexity index is 274. The Kier molecular flexibility index (Phi) is 3.49. The Morgan fingerprint density at radius 1 is 1.31 bits per heavy atom. The van der Waals surface area contributed by atoms with Gasteiger partial charge in [0.05, 0.1) is 0 Å². The van der Waals surface area contributed by atoms with Gasteiger partial charge in [-0.3, -0.25) is 0 Å². The molecule has 0 aliphatic rings. The van der Waals surface area contributed by atoms with Gasteiger partial charge in [-0.05, 0) is 38.4 Å². The van der Waals surface area contributed by atoms with E-state index in [0.717, 1.165) is 6.42 Å². The van der Waals surface area contributed by atoms with E-state index in [4.69, 9.17) is 0 Å². The van der Waals surface area contributed by atoms with Gasteiger partial charge in [-0.25, -0.2) is 0 Å². The van der Waals surface area contributed by atoms with Crippen LogP contribution >= 0.6 is 0 Å². The second kappa shape index (κ2) is 4.43. The van der Waals surface area contributed by atoms with Crippen LogP contribution in [0.3, 0.4) is 0 Å². The van der Waals surface area contributed by atoms with Crippen LogP contribution in [-0.2, 0) is 0 Å². The summed E-state index contributed by atoms with van der Waals surface area (Å²) >= 11 is 0. The summed E-state index contributed by atoms with van der Waals surface area (Å²) in [7, 11) is 2.02. The van der Waals surface area contributed by atoms with E-state index in [1.165, 1.54) is 16.7 Å². The largest absolute Gasteiger partial charge is 0.313 e. The number of hydrogen-bond donors (Lipinski definition) is 1. The molecule has 13 heavy (non-hydrogen) atoms. The minimum absolute atomic E-state index is 0.501. The molecule has 0 bridgehead atoms. The van der Waals surface area contributed by atoms with Crippen molar-refractivity contribution in [1.29, 1.82) is 0 Å². The van der Waals surface area contributed by atoms with Gasteiger partial charge < -0.3 is 5.32 Å². The first kappa shape index (κ1) is 10.3. The fraction of sp³-hybridized carbons (Fsp3) is 0.500. The predicted molar refractivity (Wildman–Crippen MR) is 58.0 cm³/mol. The van der Waals surface area contributed by atoms with Crippen molar-refractivity contribution in [2.24, 2.45) is 0 Å². The Labute approximate surface area is 81.2 Å². The third-order valence-corrected chi connectivity index (χ3v) is 2.56. The minimum atomic E-state index is 0.501. The van der Waals surface area contributed by atoms with Crippen LogP contribution in [0.15, 0.2) is 18.2 Å². The van der Waals surface area contributed by atoms with Crippen LogP contribution < -0.4 is 5.32 Å². The van der Waals surface area contributed by atoms with Gasteiger partial charge in [0.2, 0.25) is 0 Å². The summed E-state index contributed by atoms with van der Waals surface area (Å²) in [5.74, 6) is 0. The average molecular weight is 177 g/mol. The minimum Gasteiger partial charge on any atom is -0.313 e. The summed E-state index contributed by atoms with van der Waals surface area (Å²) < 4.78 is 0. The maximum atomic E-state index is 3.33. The topological polar surface area (TPSA) is 12.0 Å². The van der Waals surface area contributed by atoms with Crippen LogP contribution in [0.1, 0.15) is 36.1 Å². The third kappa shape index (κ3) is 2.31. The van der Waals surface area contributed by atoms with Gasteiger partial charge in [-0.2, -0.15) is 0 Å². The molecule has 1 aromatic rings. The van der Waals surface area contributed by atoms with Crippen LogP contribution in [-0.4, -0.2) is 7.05 Å². The van der Waals surface area contributed by atoms with E-state index in [1.54, 1.807) is 0 Å². The molecule has 1 atom stereocenters. The maximum absolute atomic E-state index is 3.33. The molecule has 72 valence electrons. The zero-order chi connectivity index (χ0) is 9.84. The summed E-state index contributed by atoms with van der Waals surface area (Å²) in [6.07, 6.45) is 1.14. The second-order valence-corrected chi connectivity index (χ2v) is 3.61. The zero-order valence-corrected chi connectivity index (χ0v) is 9.02. The van der Waals surface area contributed by atoms with Gasteiger partial charge in [0.25, 0.3) is 0 Å². The normalized spacial score (nSPS) is 12.9. The Morgan fingerprint density at radius 2 is 2.00 bits per heavy atom. The van der Waals surface area contributed by atoms with Crippen molar-refractivity contribution < 1.29 is 0 Å². The van der Waals surface area contributed by atoms with Gasteiger partial charge in [-0.1, -0.05) is 30.7 Å². The predicted octanol–water partition coefficient (Wildman–Crippen LogP) is 2.97. The average Bonchev–Trinajstić information content (AvgIpc) is 2.10. The van der Waals surface area contributed by atoms with E-state index >= 15 is 0 Å². The number of hydrogen-bond acceptors (Lipinski definition) is 1. The van der Waals surface area contributed by atoms with Crippen molar-refractivity contribution >= 4 is 0 Å². The lowest BCUT2D eigenvalue weighted by atomic mass is 9.98. The monoisotopic (exact) mass is 177 g/mol. The highest BCUT2D eigenvalue weighted by Crippen LogP contribution is 2.20. The van der Waals surface area contributed by atoms with Crippen LogP contribution in [0.4, 0.5) is 0 Å². The number of rotatable bonds is 3. The molecule has 0 aliphatic heterocycles. The standard InChI is InChI=1S/C12H19N/c1-5-12(13-4)11-7-6-9(2)8-10(11)3/h6-8,12-13H,5H2,1-4H3/t12-/m1/s1. The first-order chi connectivity index (χ1) is 6.19. The summed E-state index contributed by atoms with van der Waals surface area (Å²) in [5, 5.41) is 3.33. The molecule has 1 heteroatoms. The van der Waals surface area contributed by atoms with Crippen LogP contribution in [0.2, 0.25) is 0 Å².